The van der Waals surface area contributed by atoms with E-state index in [2.05, 4.69) is 265 Å². The third-order valence-electron chi connectivity index (χ3n) is 13.1. The lowest BCUT2D eigenvalue weighted by Gasteiger charge is -2.27. The molecule has 11 aromatic rings. The lowest BCUT2D eigenvalue weighted by Crippen LogP contribution is -2.13. The molecule has 0 saturated carbocycles. The summed E-state index contributed by atoms with van der Waals surface area (Å²) in [5.41, 5.74) is 16.5. The summed E-state index contributed by atoms with van der Waals surface area (Å²) in [5.74, 6) is 1.93. The van der Waals surface area contributed by atoms with Crippen LogP contribution in [0.5, 0.6) is 5.75 Å². The molecule has 2 unspecified atom stereocenters. The topological polar surface area (TPSA) is 28.9 Å². The summed E-state index contributed by atoms with van der Waals surface area (Å²) in [4.78, 5) is 4.62. The number of nitrogens with zero attached hydrogens (tertiary/aromatic N) is 2. The third kappa shape index (κ3) is 7.68. The standard InChI is InChI=1S/C64H46N2O2/c1-5-17-47(18-6-1)61-57-25-13-15-27-59(57)67-63(61)49-33-41-55(42-34-49)65(51-21-9-3-10-22-51)53-37-29-45(30-38-53)46-31-39-54(40-32-46)66(52-23-11-4-12-24-52)56-43-35-50(36-44-56)64-62(48-19-7-2-8-20-48)58-26-14-16-28-60(58)68-64/h1-44,61,63H. The Labute approximate surface area is 397 Å². The number of fused-ring (bicyclic) bond motifs is 2. The van der Waals surface area contributed by atoms with E-state index in [9.17, 15) is 0 Å². The molecule has 2 heterocycles. The zero-order valence-electron chi connectivity index (χ0n) is 37.3. The summed E-state index contributed by atoms with van der Waals surface area (Å²) < 4.78 is 13.2. The van der Waals surface area contributed by atoms with Gasteiger partial charge >= 0.3 is 0 Å². The quantitative estimate of drug-likeness (QED) is 0.129. The molecular weight excluding hydrogens is 829 g/mol. The summed E-state index contributed by atoms with van der Waals surface area (Å²) >= 11 is 0. The fraction of sp³-hybridized carbons (Fsp3) is 0.0312. The van der Waals surface area contributed by atoms with Crippen LogP contribution in [-0.2, 0) is 0 Å². The van der Waals surface area contributed by atoms with Gasteiger partial charge in [-0.25, -0.2) is 0 Å². The molecule has 0 saturated heterocycles. The Kier molecular flexibility index (Phi) is 10.7. The van der Waals surface area contributed by atoms with E-state index in [0.29, 0.717) is 0 Å². The number of hydrogen-bond donors (Lipinski definition) is 0. The van der Waals surface area contributed by atoms with Gasteiger partial charge in [0.05, 0.1) is 5.92 Å². The first-order valence-electron chi connectivity index (χ1n) is 23.2. The highest BCUT2D eigenvalue weighted by Gasteiger charge is 2.36. The molecule has 2 atom stereocenters. The lowest BCUT2D eigenvalue weighted by molar-refractivity contribution is 0.222. The highest BCUT2D eigenvalue weighted by atomic mass is 16.5. The number of rotatable bonds is 11. The van der Waals surface area contributed by atoms with Gasteiger partial charge in [0.25, 0.3) is 0 Å². The Balaban J connectivity index is 0.825. The first-order chi connectivity index (χ1) is 33.7. The van der Waals surface area contributed by atoms with Crippen molar-refractivity contribution in [2.45, 2.75) is 12.0 Å². The van der Waals surface area contributed by atoms with Crippen LogP contribution >= 0.6 is 0 Å². The van der Waals surface area contributed by atoms with E-state index in [1.807, 2.05) is 12.1 Å². The molecule has 0 fully saturated rings. The number of benzene rings is 10. The zero-order chi connectivity index (χ0) is 45.2. The van der Waals surface area contributed by atoms with Gasteiger partial charge in [-0.1, -0.05) is 170 Å². The summed E-state index contributed by atoms with van der Waals surface area (Å²) in [6.45, 7) is 0. The van der Waals surface area contributed by atoms with Crippen LogP contribution in [-0.4, -0.2) is 0 Å². The number of anilines is 6. The SMILES string of the molecule is c1ccc(-c2c(-c3ccc(N(c4ccccc4)c4ccc(-c5ccc(N(c6ccccc6)c6ccc(C7Oc8ccccc8C7c7ccccc7)cc6)cc5)cc4)cc3)oc3ccccc23)cc1. The molecule has 10 aromatic carbocycles. The maximum Gasteiger partial charge on any atom is 0.143 e. The monoisotopic (exact) mass is 874 g/mol. The maximum atomic E-state index is 6.68. The molecular formula is C64H46N2O2. The van der Waals surface area contributed by atoms with E-state index in [1.54, 1.807) is 0 Å². The van der Waals surface area contributed by atoms with Crippen molar-refractivity contribution in [3.63, 3.8) is 0 Å². The molecule has 1 aliphatic rings. The number of ether oxygens (including phenoxy) is 1. The second-order valence-corrected chi connectivity index (χ2v) is 17.2. The van der Waals surface area contributed by atoms with Crippen molar-refractivity contribution in [1.82, 2.24) is 0 Å². The molecule has 68 heavy (non-hydrogen) atoms. The molecule has 0 bridgehead atoms. The lowest BCUT2D eigenvalue weighted by atomic mass is 9.85. The molecule has 0 N–H and O–H groups in total. The van der Waals surface area contributed by atoms with Crippen LogP contribution < -0.4 is 14.5 Å². The molecule has 1 aliphatic heterocycles. The second-order valence-electron chi connectivity index (χ2n) is 17.2. The molecule has 0 radical (unpaired) electrons. The number of para-hydroxylation sites is 4. The van der Waals surface area contributed by atoms with Gasteiger partial charge in [-0.15, -0.1) is 0 Å². The normalized spacial score (nSPS) is 14.0. The van der Waals surface area contributed by atoms with Crippen LogP contribution in [0.1, 0.15) is 28.7 Å². The molecule has 0 spiro atoms. The molecule has 324 valence electrons. The first-order valence-corrected chi connectivity index (χ1v) is 23.2. The van der Waals surface area contributed by atoms with E-state index < -0.39 is 0 Å². The van der Waals surface area contributed by atoms with Gasteiger partial charge < -0.3 is 19.0 Å². The summed E-state index contributed by atoms with van der Waals surface area (Å²) in [6, 6.07) is 94.4. The van der Waals surface area contributed by atoms with Crippen LogP contribution in [0.3, 0.4) is 0 Å². The van der Waals surface area contributed by atoms with E-state index in [0.717, 1.165) is 90.0 Å². The summed E-state index contributed by atoms with van der Waals surface area (Å²) in [7, 11) is 0. The van der Waals surface area contributed by atoms with Gasteiger partial charge in [0.2, 0.25) is 0 Å². The van der Waals surface area contributed by atoms with Gasteiger partial charge in [-0.2, -0.15) is 0 Å². The maximum absolute atomic E-state index is 6.68. The second kappa shape index (κ2) is 17.8. The van der Waals surface area contributed by atoms with Gasteiger partial charge in [0.15, 0.2) is 0 Å². The molecule has 1 aromatic heterocycles. The minimum atomic E-state index is -0.123. The van der Waals surface area contributed by atoms with Crippen molar-refractivity contribution in [3.05, 3.63) is 284 Å². The van der Waals surface area contributed by atoms with Gasteiger partial charge in [0, 0.05) is 56.2 Å². The Morgan fingerprint density at radius 2 is 0.735 bits per heavy atom. The minimum Gasteiger partial charge on any atom is -0.484 e. The van der Waals surface area contributed by atoms with Crippen LogP contribution in [0, 0.1) is 0 Å². The number of hydrogen-bond acceptors (Lipinski definition) is 4. The van der Waals surface area contributed by atoms with Crippen molar-refractivity contribution < 1.29 is 9.15 Å². The van der Waals surface area contributed by atoms with Crippen LogP contribution in [0.2, 0.25) is 0 Å². The average molecular weight is 875 g/mol. The largest absolute Gasteiger partial charge is 0.484 e. The van der Waals surface area contributed by atoms with Crippen LogP contribution in [0.4, 0.5) is 34.1 Å². The average Bonchev–Trinajstić information content (AvgIpc) is 4.01. The van der Waals surface area contributed by atoms with Crippen molar-refractivity contribution in [2.24, 2.45) is 0 Å². The molecule has 0 aliphatic carbocycles. The minimum absolute atomic E-state index is 0.113. The van der Waals surface area contributed by atoms with Gasteiger partial charge in [-0.3, -0.25) is 0 Å². The summed E-state index contributed by atoms with van der Waals surface area (Å²) in [6.07, 6.45) is -0.123. The Hall–Kier alpha value is -8.86. The molecule has 4 heteroatoms. The highest BCUT2D eigenvalue weighted by molar-refractivity contribution is 6.02. The molecule has 4 nitrogen and oxygen atoms in total. The fourth-order valence-electron chi connectivity index (χ4n) is 9.86. The first kappa shape index (κ1) is 40.6. The van der Waals surface area contributed by atoms with E-state index in [-0.39, 0.29) is 12.0 Å². The predicted octanol–water partition coefficient (Wildman–Crippen LogP) is 17.6. The van der Waals surface area contributed by atoms with Crippen LogP contribution in [0.25, 0.3) is 44.5 Å². The number of furan rings is 1. The van der Waals surface area contributed by atoms with Crippen molar-refractivity contribution in [1.29, 1.82) is 0 Å². The Bertz CT molecular complexity index is 3450. The predicted molar refractivity (Wildman–Crippen MR) is 280 cm³/mol. The fourth-order valence-corrected chi connectivity index (χ4v) is 9.86. The van der Waals surface area contributed by atoms with Crippen molar-refractivity contribution in [3.8, 4) is 39.3 Å². The van der Waals surface area contributed by atoms with E-state index >= 15 is 0 Å². The Morgan fingerprint density at radius 1 is 0.309 bits per heavy atom. The third-order valence-corrected chi connectivity index (χ3v) is 13.1. The molecule has 0 amide bonds. The molecule has 12 rings (SSSR count). The van der Waals surface area contributed by atoms with Crippen molar-refractivity contribution >= 4 is 45.1 Å². The van der Waals surface area contributed by atoms with Crippen LogP contribution in [0.15, 0.2) is 271 Å². The van der Waals surface area contributed by atoms with Crippen molar-refractivity contribution in [2.75, 3.05) is 9.80 Å². The summed E-state index contributed by atoms with van der Waals surface area (Å²) in [5, 5.41) is 1.11. The zero-order valence-corrected chi connectivity index (χ0v) is 37.3. The van der Waals surface area contributed by atoms with Gasteiger partial charge in [0.1, 0.15) is 23.2 Å². The van der Waals surface area contributed by atoms with E-state index in [4.69, 9.17) is 9.15 Å². The van der Waals surface area contributed by atoms with Gasteiger partial charge in [-0.05, 0) is 125 Å². The van der Waals surface area contributed by atoms with E-state index in [1.165, 1.54) is 11.1 Å². The highest BCUT2D eigenvalue weighted by Crippen LogP contribution is 2.50. The smallest absolute Gasteiger partial charge is 0.143 e. The Morgan fingerprint density at radius 3 is 1.29 bits per heavy atom.